The molecule has 1 amide bonds. The van der Waals surface area contributed by atoms with E-state index >= 15 is 0 Å². The van der Waals surface area contributed by atoms with E-state index in [1.165, 1.54) is 6.07 Å². The van der Waals surface area contributed by atoms with Crippen LogP contribution >= 0.6 is 23.4 Å². The number of aryl methyl sites for hydroxylation is 1. The van der Waals surface area contributed by atoms with E-state index < -0.39 is 6.10 Å². The van der Waals surface area contributed by atoms with Gasteiger partial charge in [-0.2, -0.15) is 11.8 Å². The predicted octanol–water partition coefficient (Wildman–Crippen LogP) is 4.99. The maximum absolute atomic E-state index is 13.5. The van der Waals surface area contributed by atoms with E-state index in [9.17, 15) is 9.18 Å². The third kappa shape index (κ3) is 6.22. The largest absolute Gasteiger partial charge is 0.481 e. The number of rotatable bonds is 9. The zero-order chi connectivity index (χ0) is 18.9. The van der Waals surface area contributed by atoms with E-state index in [-0.39, 0.29) is 11.7 Å². The Morgan fingerprint density at radius 1 is 1.31 bits per heavy atom. The van der Waals surface area contributed by atoms with Crippen LogP contribution in [-0.2, 0) is 10.5 Å². The van der Waals surface area contributed by atoms with Gasteiger partial charge in [-0.1, -0.05) is 36.7 Å². The maximum atomic E-state index is 13.5. The highest BCUT2D eigenvalue weighted by Gasteiger charge is 2.18. The molecule has 6 heteroatoms. The first-order valence-electron chi connectivity index (χ1n) is 8.53. The molecule has 0 radical (unpaired) electrons. The van der Waals surface area contributed by atoms with Crippen LogP contribution in [0.5, 0.6) is 5.75 Å². The number of benzene rings is 2. The van der Waals surface area contributed by atoms with Crippen LogP contribution in [0.1, 0.15) is 24.5 Å². The van der Waals surface area contributed by atoms with Crippen LogP contribution in [0.3, 0.4) is 0 Å². The molecule has 1 N–H and O–H groups in total. The highest BCUT2D eigenvalue weighted by molar-refractivity contribution is 7.98. The number of hydrogen-bond acceptors (Lipinski definition) is 3. The molecule has 2 rings (SSSR count). The van der Waals surface area contributed by atoms with Gasteiger partial charge in [0.15, 0.2) is 6.10 Å². The Labute approximate surface area is 163 Å². The highest BCUT2D eigenvalue weighted by Crippen LogP contribution is 2.22. The molecule has 0 fully saturated rings. The number of thioether (sulfide) groups is 1. The van der Waals surface area contributed by atoms with Crippen LogP contribution in [0.2, 0.25) is 5.02 Å². The molecule has 140 valence electrons. The van der Waals surface area contributed by atoms with Gasteiger partial charge in [0, 0.05) is 23.1 Å². The van der Waals surface area contributed by atoms with Crippen LogP contribution in [0.25, 0.3) is 0 Å². The fourth-order valence-electron chi connectivity index (χ4n) is 2.33. The van der Waals surface area contributed by atoms with Crippen molar-refractivity contribution in [3.05, 3.63) is 64.4 Å². The van der Waals surface area contributed by atoms with Crippen molar-refractivity contribution in [2.24, 2.45) is 0 Å². The number of ether oxygens (including phenoxy) is 1. The van der Waals surface area contributed by atoms with E-state index in [1.54, 1.807) is 36.0 Å². The number of nitrogens with one attached hydrogen (secondary N) is 1. The molecule has 0 aliphatic rings. The molecule has 2 aromatic rings. The van der Waals surface area contributed by atoms with Crippen molar-refractivity contribution >= 4 is 29.3 Å². The van der Waals surface area contributed by atoms with Crippen LogP contribution in [-0.4, -0.2) is 24.3 Å². The van der Waals surface area contributed by atoms with E-state index in [1.807, 2.05) is 26.0 Å². The Morgan fingerprint density at radius 3 is 2.77 bits per heavy atom. The Hall–Kier alpha value is -1.72. The summed E-state index contributed by atoms with van der Waals surface area (Å²) in [5.74, 6) is 1.58. The first kappa shape index (κ1) is 20.6. The molecule has 0 bridgehead atoms. The summed E-state index contributed by atoms with van der Waals surface area (Å²) in [5, 5.41) is 3.54. The number of carbonyl (C=O) groups is 1. The van der Waals surface area contributed by atoms with Crippen molar-refractivity contribution < 1.29 is 13.9 Å². The first-order chi connectivity index (χ1) is 12.5. The quantitative estimate of drug-likeness (QED) is 0.607. The molecule has 0 aromatic heterocycles. The number of amides is 1. The summed E-state index contributed by atoms with van der Waals surface area (Å²) in [6.07, 6.45) is 0.0164. The summed E-state index contributed by atoms with van der Waals surface area (Å²) in [5.41, 5.74) is 1.58. The minimum absolute atomic E-state index is 0.147. The van der Waals surface area contributed by atoms with Gasteiger partial charge in [0.25, 0.3) is 5.91 Å². The number of carbonyl (C=O) groups excluding carboxylic acids is 1. The fourth-order valence-corrected chi connectivity index (χ4v) is 3.30. The molecule has 2 aromatic carbocycles. The van der Waals surface area contributed by atoms with Crippen molar-refractivity contribution in [3.63, 3.8) is 0 Å². The smallest absolute Gasteiger partial charge is 0.261 e. The standard InChI is InChI=1S/C20H23ClFNO2S/c1-3-19(25-16-8-9-17(21)14(2)12-16)20(24)23-10-11-26-13-15-6-4-5-7-18(15)22/h4-9,12,19H,3,10-11,13H2,1-2H3,(H,23,24)/t19-/m0/s1. The van der Waals surface area contributed by atoms with Crippen molar-refractivity contribution in [2.75, 3.05) is 12.3 Å². The van der Waals surface area contributed by atoms with E-state index in [4.69, 9.17) is 16.3 Å². The molecule has 0 saturated heterocycles. The van der Waals surface area contributed by atoms with Crippen molar-refractivity contribution in [1.29, 1.82) is 0 Å². The predicted molar refractivity (Wildman–Crippen MR) is 106 cm³/mol. The fraction of sp³-hybridized carbons (Fsp3) is 0.350. The molecular weight excluding hydrogens is 373 g/mol. The molecule has 26 heavy (non-hydrogen) atoms. The van der Waals surface area contributed by atoms with Gasteiger partial charge in [-0.25, -0.2) is 4.39 Å². The second-order valence-electron chi connectivity index (χ2n) is 5.86. The van der Waals surface area contributed by atoms with Gasteiger partial charge in [0.05, 0.1) is 0 Å². The van der Waals surface area contributed by atoms with Crippen LogP contribution < -0.4 is 10.1 Å². The maximum Gasteiger partial charge on any atom is 0.261 e. The summed E-state index contributed by atoms with van der Waals surface area (Å²) in [4.78, 5) is 12.3. The van der Waals surface area contributed by atoms with Gasteiger partial charge >= 0.3 is 0 Å². The van der Waals surface area contributed by atoms with E-state index in [2.05, 4.69) is 5.32 Å². The lowest BCUT2D eigenvalue weighted by atomic mass is 10.2. The van der Waals surface area contributed by atoms with E-state index in [0.717, 1.165) is 5.56 Å². The van der Waals surface area contributed by atoms with Gasteiger partial charge in [-0.05, 0) is 48.7 Å². The van der Waals surface area contributed by atoms with Crippen LogP contribution in [0.15, 0.2) is 42.5 Å². The van der Waals surface area contributed by atoms with Crippen molar-refractivity contribution in [1.82, 2.24) is 5.32 Å². The van der Waals surface area contributed by atoms with Crippen LogP contribution in [0.4, 0.5) is 4.39 Å². The third-order valence-electron chi connectivity index (χ3n) is 3.83. The normalized spacial score (nSPS) is 11.8. The summed E-state index contributed by atoms with van der Waals surface area (Å²) in [7, 11) is 0. The Morgan fingerprint density at radius 2 is 2.08 bits per heavy atom. The number of halogens is 2. The minimum Gasteiger partial charge on any atom is -0.481 e. The molecule has 0 saturated carbocycles. The summed E-state index contributed by atoms with van der Waals surface area (Å²) in [6.45, 7) is 4.31. The highest BCUT2D eigenvalue weighted by atomic mass is 35.5. The molecule has 0 aliphatic heterocycles. The third-order valence-corrected chi connectivity index (χ3v) is 5.26. The molecular formula is C20H23ClFNO2S. The van der Waals surface area contributed by atoms with Crippen molar-refractivity contribution in [2.45, 2.75) is 32.1 Å². The molecule has 1 atom stereocenters. The Bertz CT molecular complexity index is 742. The Balaban J connectivity index is 1.74. The molecule has 3 nitrogen and oxygen atoms in total. The zero-order valence-corrected chi connectivity index (χ0v) is 16.5. The summed E-state index contributed by atoms with van der Waals surface area (Å²) >= 11 is 7.58. The lowest BCUT2D eigenvalue weighted by molar-refractivity contribution is -0.127. The monoisotopic (exact) mass is 395 g/mol. The average Bonchev–Trinajstić information content (AvgIpc) is 2.63. The van der Waals surface area contributed by atoms with Gasteiger partial charge < -0.3 is 10.1 Å². The lowest BCUT2D eigenvalue weighted by Crippen LogP contribution is -2.39. The van der Waals surface area contributed by atoms with Gasteiger partial charge in [-0.15, -0.1) is 0 Å². The second kappa shape index (κ2) is 10.4. The zero-order valence-electron chi connectivity index (χ0n) is 14.9. The lowest BCUT2D eigenvalue weighted by Gasteiger charge is -2.17. The van der Waals surface area contributed by atoms with Gasteiger partial charge in [0.1, 0.15) is 11.6 Å². The average molecular weight is 396 g/mol. The van der Waals surface area contributed by atoms with E-state index in [0.29, 0.717) is 40.8 Å². The van der Waals surface area contributed by atoms with Gasteiger partial charge in [0.2, 0.25) is 0 Å². The number of hydrogen-bond donors (Lipinski definition) is 1. The van der Waals surface area contributed by atoms with Crippen LogP contribution in [0, 0.1) is 12.7 Å². The second-order valence-corrected chi connectivity index (χ2v) is 7.37. The Kier molecular flexibility index (Phi) is 8.26. The molecule has 0 aliphatic carbocycles. The molecule has 0 heterocycles. The first-order valence-corrected chi connectivity index (χ1v) is 10.1. The van der Waals surface area contributed by atoms with Crippen molar-refractivity contribution in [3.8, 4) is 5.75 Å². The van der Waals surface area contributed by atoms with Gasteiger partial charge in [-0.3, -0.25) is 4.79 Å². The minimum atomic E-state index is -0.549. The SMILES string of the molecule is CC[C@H](Oc1ccc(Cl)c(C)c1)C(=O)NCCSCc1ccccc1F. The summed E-state index contributed by atoms with van der Waals surface area (Å²) < 4.78 is 19.3. The summed E-state index contributed by atoms with van der Waals surface area (Å²) in [6, 6.07) is 12.1. The topological polar surface area (TPSA) is 38.3 Å². The molecule has 0 spiro atoms. The molecule has 0 unspecified atom stereocenters.